The Morgan fingerprint density at radius 3 is 2.67 bits per heavy atom. The van der Waals surface area contributed by atoms with Crippen LogP contribution in [-0.2, 0) is 4.74 Å². The molecule has 2 saturated carbocycles. The predicted molar refractivity (Wildman–Crippen MR) is 60.7 cm³/mol. The Morgan fingerprint density at radius 2 is 2.00 bits per heavy atom. The Labute approximate surface area is 93.0 Å². The molecule has 2 heteroatoms. The average Bonchev–Trinajstić information content (AvgIpc) is 2.95. The van der Waals surface area contributed by atoms with Gasteiger partial charge in [-0.25, -0.2) is 0 Å². The second-order valence-electron chi connectivity index (χ2n) is 6.12. The molecule has 88 valence electrons. The maximum absolute atomic E-state index is 9.86. The van der Waals surface area contributed by atoms with Gasteiger partial charge in [0, 0.05) is 6.61 Å². The van der Waals surface area contributed by atoms with Crippen molar-refractivity contribution in [1.82, 2.24) is 0 Å². The highest BCUT2D eigenvalue weighted by molar-refractivity contribution is 4.85. The van der Waals surface area contributed by atoms with E-state index in [4.69, 9.17) is 4.74 Å². The minimum atomic E-state index is -0.225. The molecule has 0 aliphatic heterocycles. The predicted octanol–water partition coefficient (Wildman–Crippen LogP) is 2.74. The minimum absolute atomic E-state index is 0.0903. The van der Waals surface area contributed by atoms with Gasteiger partial charge in [0.2, 0.25) is 0 Å². The van der Waals surface area contributed by atoms with Gasteiger partial charge in [-0.2, -0.15) is 0 Å². The Kier molecular flexibility index (Phi) is 3.36. The van der Waals surface area contributed by atoms with Gasteiger partial charge in [-0.1, -0.05) is 26.7 Å². The second-order valence-corrected chi connectivity index (χ2v) is 6.12. The second kappa shape index (κ2) is 4.42. The summed E-state index contributed by atoms with van der Waals surface area (Å²) in [6.45, 7) is 5.40. The summed E-state index contributed by atoms with van der Waals surface area (Å²) in [5.41, 5.74) is 0.351. The Balaban J connectivity index is 1.72. The van der Waals surface area contributed by atoms with E-state index in [2.05, 4.69) is 13.8 Å². The standard InChI is InChI=1S/C13H24O2/c1-13(2)7-5-11(14)12(9-13)15-8-6-10-3-4-10/h10-12,14H,3-9H2,1-2H3. The molecule has 0 saturated heterocycles. The van der Waals surface area contributed by atoms with E-state index in [1.807, 2.05) is 0 Å². The highest BCUT2D eigenvalue weighted by atomic mass is 16.5. The summed E-state index contributed by atoms with van der Waals surface area (Å²) in [5.74, 6) is 0.929. The normalized spacial score (nSPS) is 35.4. The van der Waals surface area contributed by atoms with E-state index in [0.717, 1.165) is 31.8 Å². The first-order valence-corrected chi connectivity index (χ1v) is 6.36. The van der Waals surface area contributed by atoms with Crippen molar-refractivity contribution in [2.45, 2.75) is 64.6 Å². The lowest BCUT2D eigenvalue weighted by atomic mass is 9.75. The monoisotopic (exact) mass is 212 g/mol. The van der Waals surface area contributed by atoms with E-state index in [1.54, 1.807) is 0 Å². The molecule has 2 nitrogen and oxygen atoms in total. The molecule has 0 radical (unpaired) electrons. The Morgan fingerprint density at radius 1 is 1.27 bits per heavy atom. The summed E-state index contributed by atoms with van der Waals surface area (Å²) < 4.78 is 5.83. The fourth-order valence-electron chi connectivity index (χ4n) is 2.47. The van der Waals surface area contributed by atoms with Gasteiger partial charge >= 0.3 is 0 Å². The van der Waals surface area contributed by atoms with E-state index in [0.29, 0.717) is 5.41 Å². The summed E-state index contributed by atoms with van der Waals surface area (Å²) in [6.07, 6.45) is 6.88. The third-order valence-corrected chi connectivity index (χ3v) is 3.85. The van der Waals surface area contributed by atoms with Crippen LogP contribution >= 0.6 is 0 Å². The van der Waals surface area contributed by atoms with Crippen LogP contribution in [0.2, 0.25) is 0 Å². The van der Waals surface area contributed by atoms with E-state index >= 15 is 0 Å². The van der Waals surface area contributed by atoms with Gasteiger partial charge in [-0.15, -0.1) is 0 Å². The molecule has 15 heavy (non-hydrogen) atoms. The van der Waals surface area contributed by atoms with Crippen molar-refractivity contribution in [1.29, 1.82) is 0 Å². The largest absolute Gasteiger partial charge is 0.390 e. The van der Waals surface area contributed by atoms with E-state index < -0.39 is 0 Å². The van der Waals surface area contributed by atoms with Crippen molar-refractivity contribution >= 4 is 0 Å². The SMILES string of the molecule is CC1(C)CCC(O)C(OCCC2CC2)C1. The highest BCUT2D eigenvalue weighted by Crippen LogP contribution is 2.37. The molecule has 0 amide bonds. The number of aliphatic hydroxyl groups excluding tert-OH is 1. The molecule has 0 aromatic heterocycles. The van der Waals surface area contributed by atoms with Gasteiger partial charge in [0.05, 0.1) is 12.2 Å². The van der Waals surface area contributed by atoms with Gasteiger partial charge in [0.25, 0.3) is 0 Å². The fraction of sp³-hybridized carbons (Fsp3) is 1.00. The number of rotatable bonds is 4. The van der Waals surface area contributed by atoms with Gasteiger partial charge in [-0.05, 0) is 37.0 Å². The third-order valence-electron chi connectivity index (χ3n) is 3.85. The van der Waals surface area contributed by atoms with Crippen LogP contribution in [0, 0.1) is 11.3 Å². The van der Waals surface area contributed by atoms with Crippen molar-refractivity contribution in [3.63, 3.8) is 0 Å². The lowest BCUT2D eigenvalue weighted by molar-refractivity contribution is -0.0869. The lowest BCUT2D eigenvalue weighted by Crippen LogP contribution is -2.39. The Bertz CT molecular complexity index is 209. The fourth-order valence-corrected chi connectivity index (χ4v) is 2.47. The molecule has 0 bridgehead atoms. The quantitative estimate of drug-likeness (QED) is 0.776. The Hall–Kier alpha value is -0.0800. The third kappa shape index (κ3) is 3.46. The zero-order valence-electron chi connectivity index (χ0n) is 10.0. The van der Waals surface area contributed by atoms with Gasteiger partial charge in [0.15, 0.2) is 0 Å². The summed E-state index contributed by atoms with van der Waals surface area (Å²) in [6, 6.07) is 0. The van der Waals surface area contributed by atoms with Gasteiger partial charge < -0.3 is 9.84 Å². The molecular weight excluding hydrogens is 188 g/mol. The zero-order chi connectivity index (χ0) is 10.9. The van der Waals surface area contributed by atoms with Crippen LogP contribution in [0.15, 0.2) is 0 Å². The van der Waals surface area contributed by atoms with E-state index in [-0.39, 0.29) is 12.2 Å². The molecule has 2 aliphatic rings. The van der Waals surface area contributed by atoms with Crippen molar-refractivity contribution in [2.75, 3.05) is 6.61 Å². The molecule has 0 aromatic carbocycles. The molecule has 2 fully saturated rings. The van der Waals surface area contributed by atoms with Crippen molar-refractivity contribution in [3.05, 3.63) is 0 Å². The molecule has 2 aliphatic carbocycles. The smallest absolute Gasteiger partial charge is 0.0839 e. The molecular formula is C13H24O2. The summed E-state index contributed by atoms with van der Waals surface area (Å²) in [4.78, 5) is 0. The van der Waals surface area contributed by atoms with Crippen molar-refractivity contribution in [3.8, 4) is 0 Å². The average molecular weight is 212 g/mol. The summed E-state index contributed by atoms with van der Waals surface area (Å²) >= 11 is 0. The topological polar surface area (TPSA) is 29.5 Å². The van der Waals surface area contributed by atoms with Crippen LogP contribution in [0.5, 0.6) is 0 Å². The first-order chi connectivity index (χ1) is 7.07. The molecule has 2 atom stereocenters. The number of aliphatic hydroxyl groups is 1. The number of hydrogen-bond acceptors (Lipinski definition) is 2. The van der Waals surface area contributed by atoms with Crippen LogP contribution in [0.1, 0.15) is 52.4 Å². The van der Waals surface area contributed by atoms with Crippen molar-refractivity contribution in [2.24, 2.45) is 11.3 Å². The molecule has 0 spiro atoms. The molecule has 1 N–H and O–H groups in total. The van der Waals surface area contributed by atoms with Crippen LogP contribution in [0.3, 0.4) is 0 Å². The maximum atomic E-state index is 9.86. The van der Waals surface area contributed by atoms with Crippen LogP contribution < -0.4 is 0 Å². The number of ether oxygens (including phenoxy) is 1. The first kappa shape index (κ1) is 11.4. The van der Waals surface area contributed by atoms with Crippen LogP contribution in [0.4, 0.5) is 0 Å². The van der Waals surface area contributed by atoms with Gasteiger partial charge in [0.1, 0.15) is 0 Å². The zero-order valence-corrected chi connectivity index (χ0v) is 10.0. The molecule has 2 rings (SSSR count). The van der Waals surface area contributed by atoms with Crippen LogP contribution in [-0.4, -0.2) is 23.9 Å². The molecule has 0 aromatic rings. The maximum Gasteiger partial charge on any atom is 0.0839 e. The highest BCUT2D eigenvalue weighted by Gasteiger charge is 2.34. The molecule has 2 unspecified atom stereocenters. The van der Waals surface area contributed by atoms with Crippen molar-refractivity contribution < 1.29 is 9.84 Å². The van der Waals surface area contributed by atoms with Crippen LogP contribution in [0.25, 0.3) is 0 Å². The summed E-state index contributed by atoms with van der Waals surface area (Å²) in [7, 11) is 0. The summed E-state index contributed by atoms with van der Waals surface area (Å²) in [5, 5.41) is 9.86. The first-order valence-electron chi connectivity index (χ1n) is 6.36. The van der Waals surface area contributed by atoms with Gasteiger partial charge in [-0.3, -0.25) is 0 Å². The minimum Gasteiger partial charge on any atom is -0.390 e. The molecule has 0 heterocycles. The lowest BCUT2D eigenvalue weighted by Gasteiger charge is -2.38. The van der Waals surface area contributed by atoms with E-state index in [9.17, 15) is 5.11 Å². The van der Waals surface area contributed by atoms with E-state index in [1.165, 1.54) is 19.3 Å². The number of hydrogen-bond donors (Lipinski definition) is 1.